The Hall–Kier alpha value is -1.30. The van der Waals surface area contributed by atoms with E-state index < -0.39 is 29.7 Å². The van der Waals surface area contributed by atoms with Gasteiger partial charge in [0, 0.05) is 0 Å². The van der Waals surface area contributed by atoms with Gasteiger partial charge in [-0.2, -0.15) is 0 Å². The van der Waals surface area contributed by atoms with Crippen LogP contribution in [-0.2, 0) is 4.89 Å². The van der Waals surface area contributed by atoms with E-state index in [0.717, 1.165) is 12.1 Å². The lowest BCUT2D eigenvalue weighted by Crippen LogP contribution is -2.23. The molecule has 2 atom stereocenters. The predicted octanol–water partition coefficient (Wildman–Crippen LogP) is 2.60. The van der Waals surface area contributed by atoms with Crippen LogP contribution in [0.3, 0.4) is 0 Å². The van der Waals surface area contributed by atoms with Crippen molar-refractivity contribution in [2.75, 3.05) is 0 Å². The molecule has 0 radical (unpaired) electrons. The Kier molecular flexibility index (Phi) is 2.07. The summed E-state index contributed by atoms with van der Waals surface area (Å²) < 4.78 is 51.2. The van der Waals surface area contributed by atoms with Gasteiger partial charge in [0.1, 0.15) is 0 Å². The largest absolute Gasteiger partial charge is 0.334 e. The van der Waals surface area contributed by atoms with Crippen LogP contribution in [0.15, 0.2) is 12.1 Å². The van der Waals surface area contributed by atoms with Crippen molar-refractivity contribution >= 4 is 0 Å². The third-order valence-corrected chi connectivity index (χ3v) is 1.83. The van der Waals surface area contributed by atoms with Crippen molar-refractivity contribution in [1.82, 2.24) is 0 Å². The smallest absolute Gasteiger partial charge is 0.278 e. The lowest BCUT2D eigenvalue weighted by atomic mass is 10.1. The van der Waals surface area contributed by atoms with Crippen LogP contribution in [0.25, 0.3) is 0 Å². The Morgan fingerprint density at radius 2 is 1.86 bits per heavy atom. The van der Waals surface area contributed by atoms with E-state index in [1.54, 1.807) is 0 Å². The number of benzene rings is 1. The van der Waals surface area contributed by atoms with Crippen molar-refractivity contribution < 1.29 is 27.3 Å². The van der Waals surface area contributed by atoms with Gasteiger partial charge in [-0.05, 0) is 12.1 Å². The molecule has 1 heterocycles. The molecular formula is C8H4F4O2. The van der Waals surface area contributed by atoms with Crippen LogP contribution in [0.2, 0.25) is 0 Å². The lowest BCUT2D eigenvalue weighted by Gasteiger charge is -2.22. The zero-order valence-electron chi connectivity index (χ0n) is 6.64. The van der Waals surface area contributed by atoms with Gasteiger partial charge in [0.15, 0.2) is 23.6 Å². The summed E-state index contributed by atoms with van der Waals surface area (Å²) >= 11 is 0. The fraction of sp³-hybridized carbons (Fsp3) is 0.250. The Bertz CT molecular complexity index is 369. The first-order valence-electron chi connectivity index (χ1n) is 3.70. The molecule has 0 fully saturated rings. The maximum Gasteiger partial charge on any atom is 0.278 e. The summed E-state index contributed by atoms with van der Waals surface area (Å²) in [4.78, 5) is 8.10. The van der Waals surface area contributed by atoms with E-state index in [1.165, 1.54) is 0 Å². The highest BCUT2D eigenvalue weighted by Gasteiger charge is 2.36. The van der Waals surface area contributed by atoms with Gasteiger partial charge < -0.3 is 4.89 Å². The average Bonchev–Trinajstić information content (AvgIpc) is 2.17. The second kappa shape index (κ2) is 3.13. The first-order valence-corrected chi connectivity index (χ1v) is 3.70. The van der Waals surface area contributed by atoms with Gasteiger partial charge in [0.2, 0.25) is 0 Å². The van der Waals surface area contributed by atoms with E-state index in [1.807, 2.05) is 0 Å². The van der Waals surface area contributed by atoms with Crippen molar-refractivity contribution in [3.05, 3.63) is 29.3 Å². The third kappa shape index (κ3) is 1.22. The normalized spacial score (nSPS) is 25.4. The molecule has 0 spiro atoms. The minimum Gasteiger partial charge on any atom is -0.334 e. The van der Waals surface area contributed by atoms with Crippen molar-refractivity contribution in [2.24, 2.45) is 0 Å². The quantitative estimate of drug-likeness (QED) is 0.482. The second-order valence-electron chi connectivity index (χ2n) is 2.71. The van der Waals surface area contributed by atoms with Gasteiger partial charge in [0.05, 0.1) is 5.56 Å². The first kappa shape index (κ1) is 9.26. The molecule has 2 nitrogen and oxygen atoms in total. The molecule has 0 aliphatic carbocycles. The Balaban J connectivity index is 2.56. The number of alkyl halides is 2. The minimum atomic E-state index is -2.45. The van der Waals surface area contributed by atoms with Crippen molar-refractivity contribution in [1.29, 1.82) is 0 Å². The Morgan fingerprint density at radius 1 is 1.14 bits per heavy atom. The van der Waals surface area contributed by atoms with Crippen LogP contribution in [0.1, 0.15) is 11.7 Å². The van der Waals surface area contributed by atoms with Gasteiger partial charge in [-0.1, -0.05) is 0 Å². The molecule has 1 aliphatic heterocycles. The maximum absolute atomic E-state index is 13.0. The average molecular weight is 208 g/mol. The monoisotopic (exact) mass is 208 g/mol. The van der Waals surface area contributed by atoms with Crippen LogP contribution < -0.4 is 4.89 Å². The van der Waals surface area contributed by atoms with E-state index >= 15 is 0 Å². The summed E-state index contributed by atoms with van der Waals surface area (Å²) in [6.07, 6.45) is -4.83. The third-order valence-electron chi connectivity index (χ3n) is 1.83. The molecule has 1 aromatic rings. The topological polar surface area (TPSA) is 18.5 Å². The molecule has 0 amide bonds. The van der Waals surface area contributed by atoms with Crippen molar-refractivity contribution in [3.63, 3.8) is 0 Å². The Morgan fingerprint density at radius 3 is 2.57 bits per heavy atom. The summed E-state index contributed by atoms with van der Waals surface area (Å²) in [7, 11) is 0. The van der Waals surface area contributed by atoms with Gasteiger partial charge in [-0.25, -0.2) is 17.6 Å². The highest BCUT2D eigenvalue weighted by molar-refractivity contribution is 5.38. The molecule has 0 bridgehead atoms. The number of halogens is 4. The SMILES string of the molecule is Fc1ccc2c(c1F)C(F)C(F)OO2. The molecule has 14 heavy (non-hydrogen) atoms. The minimum absolute atomic E-state index is 0.356. The zero-order valence-corrected chi connectivity index (χ0v) is 6.64. The van der Waals surface area contributed by atoms with Gasteiger partial charge in [-0.15, -0.1) is 4.89 Å². The molecule has 0 saturated heterocycles. The van der Waals surface area contributed by atoms with E-state index in [4.69, 9.17) is 0 Å². The molecule has 2 unspecified atom stereocenters. The van der Waals surface area contributed by atoms with Gasteiger partial charge >= 0.3 is 0 Å². The van der Waals surface area contributed by atoms with Crippen LogP contribution in [0.5, 0.6) is 5.75 Å². The van der Waals surface area contributed by atoms with Gasteiger partial charge in [0.25, 0.3) is 6.36 Å². The first-order chi connectivity index (χ1) is 6.61. The standard InChI is InChI=1S/C8H4F4O2/c9-3-1-2-4-5(6(3)10)7(11)8(12)14-13-4/h1-2,7-8H. The number of rotatable bonds is 0. The number of fused-ring (bicyclic) bond motifs is 1. The van der Waals surface area contributed by atoms with E-state index in [-0.39, 0.29) is 5.75 Å². The van der Waals surface area contributed by atoms with Crippen LogP contribution in [0.4, 0.5) is 17.6 Å². The molecule has 1 aliphatic rings. The molecule has 1 aromatic carbocycles. The molecule has 2 rings (SSSR count). The number of hydrogen-bond acceptors (Lipinski definition) is 2. The second-order valence-corrected chi connectivity index (χ2v) is 2.71. The molecular weight excluding hydrogens is 204 g/mol. The predicted molar refractivity (Wildman–Crippen MR) is 36.8 cm³/mol. The summed E-state index contributed by atoms with van der Waals surface area (Å²) in [6, 6.07) is 1.70. The number of hydrogen-bond donors (Lipinski definition) is 0. The fourth-order valence-corrected chi connectivity index (χ4v) is 1.16. The molecule has 0 N–H and O–H groups in total. The molecule has 0 saturated carbocycles. The van der Waals surface area contributed by atoms with Crippen LogP contribution in [-0.4, -0.2) is 6.36 Å². The summed E-state index contributed by atoms with van der Waals surface area (Å²) in [5.74, 6) is -3.07. The maximum atomic E-state index is 13.0. The summed E-state index contributed by atoms with van der Waals surface area (Å²) in [5, 5.41) is 0. The van der Waals surface area contributed by atoms with E-state index in [9.17, 15) is 17.6 Å². The Labute approximate surface area is 76.0 Å². The molecule has 6 heteroatoms. The van der Waals surface area contributed by atoms with Crippen molar-refractivity contribution in [2.45, 2.75) is 12.5 Å². The molecule has 76 valence electrons. The summed E-state index contributed by atoms with van der Waals surface area (Å²) in [5.41, 5.74) is -0.788. The van der Waals surface area contributed by atoms with Crippen molar-refractivity contribution in [3.8, 4) is 5.75 Å². The highest BCUT2D eigenvalue weighted by atomic mass is 19.2. The van der Waals surface area contributed by atoms with Gasteiger partial charge in [-0.3, -0.25) is 0 Å². The van der Waals surface area contributed by atoms with Crippen LogP contribution in [0, 0.1) is 11.6 Å². The molecule has 0 aromatic heterocycles. The van der Waals surface area contributed by atoms with Crippen LogP contribution >= 0.6 is 0 Å². The fourth-order valence-electron chi connectivity index (χ4n) is 1.16. The highest BCUT2D eigenvalue weighted by Crippen LogP contribution is 2.39. The van der Waals surface area contributed by atoms with E-state index in [2.05, 4.69) is 9.78 Å². The summed E-state index contributed by atoms with van der Waals surface area (Å²) in [6.45, 7) is 0. The lowest BCUT2D eigenvalue weighted by molar-refractivity contribution is -0.311. The zero-order chi connectivity index (χ0) is 10.3. The van der Waals surface area contributed by atoms with E-state index in [0.29, 0.717) is 0 Å².